The van der Waals surface area contributed by atoms with Crippen molar-refractivity contribution in [3.63, 3.8) is 0 Å². The topological polar surface area (TPSA) is 43.1 Å². The molecule has 0 fully saturated rings. The molecule has 0 aliphatic rings. The Labute approximate surface area is 86.9 Å². The molecule has 0 aliphatic heterocycles. The molecular weight excluding hydrogens is 233 g/mol. The van der Waals surface area contributed by atoms with E-state index in [0.717, 1.165) is 0 Å². The Balaban J connectivity index is 3.23. The predicted octanol–water partition coefficient (Wildman–Crippen LogP) is 1.80. The number of nitrogens with two attached hydrogens (primary N) is 1. The Morgan fingerprint density at radius 3 is 1.62 bits per heavy atom. The van der Waals surface area contributed by atoms with Gasteiger partial charge in [0.05, 0.1) is 0 Å². The first-order valence-electron chi connectivity index (χ1n) is 4.14. The quantitative estimate of drug-likeness (QED) is 0.488. The molecule has 2 N–H and O–H groups in total. The minimum absolute atomic E-state index is 0.502. The number of carbonyl (C=O) groups is 1. The summed E-state index contributed by atoms with van der Waals surface area (Å²) >= 11 is 0. The summed E-state index contributed by atoms with van der Waals surface area (Å²) in [6, 6.07) is 0. The van der Waals surface area contributed by atoms with E-state index in [1.807, 2.05) is 0 Å². The van der Waals surface area contributed by atoms with Crippen LogP contribution in [0.2, 0.25) is 0 Å². The van der Waals surface area contributed by atoms with Crippen molar-refractivity contribution in [3.8, 4) is 0 Å². The maximum absolute atomic E-state index is 13.0. The average molecular weight is 239 g/mol. The zero-order chi connectivity index (χ0) is 12.5. The van der Waals surface area contributed by atoms with Crippen molar-refractivity contribution in [3.05, 3.63) is 34.6 Å². The van der Waals surface area contributed by atoms with Crippen LogP contribution in [-0.4, -0.2) is 5.91 Å². The first-order chi connectivity index (χ1) is 7.36. The van der Waals surface area contributed by atoms with Gasteiger partial charge in [-0.3, -0.25) is 4.79 Å². The SMILES string of the molecule is NC(=O)CCc1c(F)c(F)c(F)c(F)c1F. The van der Waals surface area contributed by atoms with Crippen LogP contribution in [0.1, 0.15) is 12.0 Å². The van der Waals surface area contributed by atoms with Gasteiger partial charge < -0.3 is 5.73 Å². The highest BCUT2D eigenvalue weighted by Crippen LogP contribution is 2.23. The van der Waals surface area contributed by atoms with Crippen molar-refractivity contribution >= 4 is 5.91 Å². The minimum Gasteiger partial charge on any atom is -0.370 e. The Bertz CT molecular complexity index is 417. The smallest absolute Gasteiger partial charge is 0.217 e. The summed E-state index contributed by atoms with van der Waals surface area (Å²) in [5.41, 5.74) is 3.67. The van der Waals surface area contributed by atoms with E-state index in [9.17, 15) is 26.7 Å². The van der Waals surface area contributed by atoms with E-state index in [0.29, 0.717) is 0 Å². The van der Waals surface area contributed by atoms with E-state index in [1.54, 1.807) is 0 Å². The molecule has 0 atom stereocenters. The zero-order valence-corrected chi connectivity index (χ0v) is 7.79. The van der Waals surface area contributed by atoms with E-state index in [-0.39, 0.29) is 0 Å². The number of rotatable bonds is 3. The van der Waals surface area contributed by atoms with Crippen LogP contribution >= 0.6 is 0 Å². The van der Waals surface area contributed by atoms with Gasteiger partial charge in [0.25, 0.3) is 0 Å². The Morgan fingerprint density at radius 2 is 1.25 bits per heavy atom. The van der Waals surface area contributed by atoms with Gasteiger partial charge in [0.2, 0.25) is 11.7 Å². The zero-order valence-electron chi connectivity index (χ0n) is 7.79. The Hall–Kier alpha value is -1.66. The summed E-state index contributed by atoms with van der Waals surface area (Å²) < 4.78 is 63.8. The van der Waals surface area contributed by atoms with Crippen LogP contribution in [0, 0.1) is 29.1 Å². The van der Waals surface area contributed by atoms with Gasteiger partial charge in [-0.1, -0.05) is 0 Å². The molecule has 7 heteroatoms. The van der Waals surface area contributed by atoms with Crippen LogP contribution in [0.4, 0.5) is 22.0 Å². The Kier molecular flexibility index (Phi) is 3.46. The van der Waals surface area contributed by atoms with Gasteiger partial charge in [-0.25, -0.2) is 22.0 Å². The lowest BCUT2D eigenvalue weighted by molar-refractivity contribution is -0.118. The molecule has 1 rings (SSSR count). The molecule has 2 nitrogen and oxygen atoms in total. The van der Waals surface area contributed by atoms with Gasteiger partial charge in [0.1, 0.15) is 0 Å². The van der Waals surface area contributed by atoms with Gasteiger partial charge >= 0.3 is 0 Å². The van der Waals surface area contributed by atoms with Crippen molar-refractivity contribution in [1.29, 1.82) is 0 Å². The lowest BCUT2D eigenvalue weighted by atomic mass is 10.1. The molecule has 0 heterocycles. The molecule has 0 unspecified atom stereocenters. The lowest BCUT2D eigenvalue weighted by Gasteiger charge is -2.06. The first kappa shape index (κ1) is 12.4. The molecule has 1 amide bonds. The van der Waals surface area contributed by atoms with Crippen LogP contribution in [0.5, 0.6) is 0 Å². The normalized spacial score (nSPS) is 10.6. The van der Waals surface area contributed by atoms with Crippen LogP contribution in [-0.2, 0) is 11.2 Å². The van der Waals surface area contributed by atoms with Crippen LogP contribution in [0.25, 0.3) is 0 Å². The monoisotopic (exact) mass is 239 g/mol. The highest BCUT2D eigenvalue weighted by Gasteiger charge is 2.25. The van der Waals surface area contributed by atoms with Crippen molar-refractivity contribution in [2.24, 2.45) is 5.73 Å². The minimum atomic E-state index is -2.22. The molecule has 0 spiro atoms. The summed E-state index contributed by atoms with van der Waals surface area (Å²) in [6.07, 6.45) is -1.14. The standard InChI is InChI=1S/C9H6F5NO/c10-5-3(1-2-4(15)16)6(11)8(13)9(14)7(5)12/h1-2H2,(H2,15,16). The molecule has 0 saturated carbocycles. The molecule has 16 heavy (non-hydrogen) atoms. The molecule has 0 aromatic heterocycles. The van der Waals surface area contributed by atoms with E-state index >= 15 is 0 Å². The highest BCUT2D eigenvalue weighted by molar-refractivity contribution is 5.74. The number of primary amides is 1. The average Bonchev–Trinajstić information content (AvgIpc) is 2.23. The third-order valence-corrected chi connectivity index (χ3v) is 1.92. The van der Waals surface area contributed by atoms with Gasteiger partial charge in [-0.15, -0.1) is 0 Å². The fourth-order valence-electron chi connectivity index (χ4n) is 1.12. The summed E-state index contributed by atoms with van der Waals surface area (Å²) in [7, 11) is 0. The molecule has 1 aromatic rings. The van der Waals surface area contributed by atoms with E-state index in [4.69, 9.17) is 5.73 Å². The molecule has 0 aliphatic carbocycles. The van der Waals surface area contributed by atoms with Gasteiger partial charge in [-0.05, 0) is 6.42 Å². The second kappa shape index (κ2) is 4.46. The summed E-state index contributed by atoms with van der Waals surface area (Å²) in [6.45, 7) is 0. The summed E-state index contributed by atoms with van der Waals surface area (Å²) in [5.74, 6) is -11.0. The number of hydrogen-bond donors (Lipinski definition) is 1. The molecule has 0 radical (unpaired) electrons. The number of amides is 1. The van der Waals surface area contributed by atoms with Gasteiger partial charge in [0.15, 0.2) is 23.3 Å². The van der Waals surface area contributed by atoms with Crippen LogP contribution < -0.4 is 5.73 Å². The van der Waals surface area contributed by atoms with E-state index < -0.39 is 53.4 Å². The van der Waals surface area contributed by atoms with Gasteiger partial charge in [-0.2, -0.15) is 0 Å². The number of halogens is 5. The Morgan fingerprint density at radius 1 is 0.875 bits per heavy atom. The maximum Gasteiger partial charge on any atom is 0.217 e. The van der Waals surface area contributed by atoms with Crippen molar-refractivity contribution in [2.75, 3.05) is 0 Å². The largest absolute Gasteiger partial charge is 0.370 e. The second-order valence-corrected chi connectivity index (χ2v) is 3.01. The molecule has 1 aromatic carbocycles. The maximum atomic E-state index is 13.0. The first-order valence-corrected chi connectivity index (χ1v) is 4.14. The molecule has 88 valence electrons. The second-order valence-electron chi connectivity index (χ2n) is 3.01. The molecule has 0 saturated heterocycles. The third kappa shape index (κ3) is 2.12. The fraction of sp³-hybridized carbons (Fsp3) is 0.222. The summed E-state index contributed by atoms with van der Waals surface area (Å²) in [4.78, 5) is 10.3. The van der Waals surface area contributed by atoms with Crippen molar-refractivity contribution in [1.82, 2.24) is 0 Å². The fourth-order valence-corrected chi connectivity index (χ4v) is 1.12. The number of carbonyl (C=O) groups excluding carboxylic acids is 1. The predicted molar refractivity (Wildman–Crippen MR) is 43.7 cm³/mol. The molecular formula is C9H6F5NO. The van der Waals surface area contributed by atoms with Crippen LogP contribution in [0.15, 0.2) is 0 Å². The van der Waals surface area contributed by atoms with Crippen molar-refractivity contribution < 1.29 is 26.7 Å². The number of hydrogen-bond acceptors (Lipinski definition) is 1. The lowest BCUT2D eigenvalue weighted by Crippen LogP contribution is -2.14. The molecule has 0 bridgehead atoms. The van der Waals surface area contributed by atoms with E-state index in [2.05, 4.69) is 0 Å². The van der Waals surface area contributed by atoms with Crippen LogP contribution in [0.3, 0.4) is 0 Å². The number of benzene rings is 1. The third-order valence-electron chi connectivity index (χ3n) is 1.92. The highest BCUT2D eigenvalue weighted by atomic mass is 19.2. The van der Waals surface area contributed by atoms with E-state index in [1.165, 1.54) is 0 Å². The summed E-state index contributed by atoms with van der Waals surface area (Å²) in [5, 5.41) is 0. The van der Waals surface area contributed by atoms with Crippen molar-refractivity contribution in [2.45, 2.75) is 12.8 Å². The van der Waals surface area contributed by atoms with Gasteiger partial charge in [0, 0.05) is 12.0 Å².